The third-order valence-corrected chi connectivity index (χ3v) is 6.47. The van der Waals surface area contributed by atoms with Gasteiger partial charge in [-0.25, -0.2) is 8.42 Å². The molecule has 0 radical (unpaired) electrons. The number of benzene rings is 1. The van der Waals surface area contributed by atoms with Gasteiger partial charge in [0.1, 0.15) is 11.9 Å². The summed E-state index contributed by atoms with van der Waals surface area (Å²) in [6.45, 7) is 0.858. The maximum Gasteiger partial charge on any atom is 0.150 e. The molecule has 3 atom stereocenters. The molecular formula is C16H23NO3S. The first kappa shape index (κ1) is 14.9. The Morgan fingerprint density at radius 1 is 1.38 bits per heavy atom. The molecule has 0 bridgehead atoms. The lowest BCUT2D eigenvalue weighted by atomic mass is 9.86. The summed E-state index contributed by atoms with van der Waals surface area (Å²) in [7, 11) is -0.883. The van der Waals surface area contributed by atoms with E-state index in [0.717, 1.165) is 31.6 Å². The molecule has 0 spiro atoms. The maximum atomic E-state index is 11.7. The largest absolute Gasteiger partial charge is 0.490 e. The van der Waals surface area contributed by atoms with E-state index in [2.05, 4.69) is 11.4 Å². The Morgan fingerprint density at radius 2 is 2.19 bits per heavy atom. The van der Waals surface area contributed by atoms with Crippen molar-refractivity contribution in [3.8, 4) is 5.75 Å². The molecule has 3 rings (SSSR count). The van der Waals surface area contributed by atoms with Gasteiger partial charge in [0.15, 0.2) is 9.84 Å². The van der Waals surface area contributed by atoms with Crippen LogP contribution in [0.3, 0.4) is 0 Å². The van der Waals surface area contributed by atoms with Gasteiger partial charge >= 0.3 is 0 Å². The average molecular weight is 309 g/mol. The van der Waals surface area contributed by atoms with Gasteiger partial charge in [-0.15, -0.1) is 0 Å². The quantitative estimate of drug-likeness (QED) is 0.898. The van der Waals surface area contributed by atoms with Crippen molar-refractivity contribution in [3.05, 3.63) is 29.8 Å². The van der Waals surface area contributed by atoms with Gasteiger partial charge in [0.2, 0.25) is 0 Å². The van der Waals surface area contributed by atoms with Crippen LogP contribution in [0.4, 0.5) is 0 Å². The van der Waals surface area contributed by atoms with E-state index >= 15 is 0 Å². The minimum atomic E-state index is -2.81. The van der Waals surface area contributed by atoms with E-state index in [1.54, 1.807) is 0 Å². The van der Waals surface area contributed by atoms with Crippen LogP contribution in [0.25, 0.3) is 0 Å². The Hall–Kier alpha value is -1.07. The molecule has 21 heavy (non-hydrogen) atoms. The fourth-order valence-corrected chi connectivity index (χ4v) is 5.54. The zero-order chi connectivity index (χ0) is 14.9. The van der Waals surface area contributed by atoms with Crippen molar-refractivity contribution in [2.75, 3.05) is 25.1 Å². The molecule has 1 aromatic carbocycles. The summed E-state index contributed by atoms with van der Waals surface area (Å²) in [6.07, 6.45) is 2.85. The normalized spacial score (nSPS) is 28.0. The van der Waals surface area contributed by atoms with E-state index in [0.29, 0.717) is 17.4 Å². The average Bonchev–Trinajstić information content (AvgIpc) is 3.00. The third kappa shape index (κ3) is 3.40. The number of hydrogen-bond donors (Lipinski definition) is 1. The third-order valence-electron chi connectivity index (χ3n) is 4.68. The summed E-state index contributed by atoms with van der Waals surface area (Å²) in [4.78, 5) is 0. The van der Waals surface area contributed by atoms with E-state index in [1.807, 2.05) is 25.2 Å². The van der Waals surface area contributed by atoms with Crippen LogP contribution >= 0.6 is 0 Å². The van der Waals surface area contributed by atoms with Gasteiger partial charge in [0, 0.05) is 6.42 Å². The van der Waals surface area contributed by atoms with E-state index in [9.17, 15) is 8.42 Å². The second kappa shape index (κ2) is 5.97. The van der Waals surface area contributed by atoms with Gasteiger partial charge in [0.05, 0.1) is 11.5 Å². The summed E-state index contributed by atoms with van der Waals surface area (Å²) >= 11 is 0. The number of hydrogen-bond acceptors (Lipinski definition) is 4. The predicted molar refractivity (Wildman–Crippen MR) is 83.4 cm³/mol. The van der Waals surface area contributed by atoms with Gasteiger partial charge in [-0.05, 0) is 49.9 Å². The van der Waals surface area contributed by atoms with Crippen LogP contribution in [0.15, 0.2) is 24.3 Å². The van der Waals surface area contributed by atoms with E-state index in [-0.39, 0.29) is 12.0 Å². The van der Waals surface area contributed by atoms with Crippen molar-refractivity contribution in [1.82, 2.24) is 5.32 Å². The van der Waals surface area contributed by atoms with Crippen molar-refractivity contribution >= 4 is 9.84 Å². The highest BCUT2D eigenvalue weighted by Crippen LogP contribution is 2.34. The van der Waals surface area contributed by atoms with E-state index in [1.165, 1.54) is 5.56 Å². The van der Waals surface area contributed by atoms with Crippen LogP contribution < -0.4 is 10.1 Å². The highest BCUT2D eigenvalue weighted by atomic mass is 32.2. The predicted octanol–water partition coefficient (Wildman–Crippen LogP) is 1.65. The first-order chi connectivity index (χ1) is 10.1. The monoisotopic (exact) mass is 309 g/mol. The zero-order valence-corrected chi connectivity index (χ0v) is 13.2. The summed E-state index contributed by atoms with van der Waals surface area (Å²) in [6, 6.07) is 8.17. The summed E-state index contributed by atoms with van der Waals surface area (Å²) < 4.78 is 29.4. The highest BCUT2D eigenvalue weighted by molar-refractivity contribution is 7.91. The SMILES string of the molecule is CNCC(CC1Cc2ccccc2O1)C1CCS(=O)(=O)C1. The fraction of sp³-hybridized carbons (Fsp3) is 0.625. The molecule has 0 aliphatic carbocycles. The van der Waals surface area contributed by atoms with Gasteiger partial charge in [-0.2, -0.15) is 0 Å². The second-order valence-corrected chi connectivity index (χ2v) is 8.50. The van der Waals surface area contributed by atoms with Crippen molar-refractivity contribution < 1.29 is 13.2 Å². The lowest BCUT2D eigenvalue weighted by Crippen LogP contribution is -2.31. The molecule has 2 aliphatic rings. The molecule has 3 unspecified atom stereocenters. The highest BCUT2D eigenvalue weighted by Gasteiger charge is 2.36. The molecule has 4 nitrogen and oxygen atoms in total. The van der Waals surface area contributed by atoms with Crippen LogP contribution in [0.5, 0.6) is 5.75 Å². The lowest BCUT2D eigenvalue weighted by Gasteiger charge is -2.25. The molecule has 2 aliphatic heterocycles. The molecular weight excluding hydrogens is 286 g/mol. The zero-order valence-electron chi connectivity index (χ0n) is 12.4. The first-order valence-electron chi connectivity index (χ1n) is 7.67. The standard InChI is InChI=1S/C16H23NO3S/c1-17-10-14(13-6-7-21(18,19)11-13)9-15-8-12-4-2-3-5-16(12)20-15/h2-5,13-15,17H,6-11H2,1H3. The number of sulfone groups is 1. The van der Waals surface area contributed by atoms with Crippen LogP contribution in [-0.4, -0.2) is 39.6 Å². The molecule has 1 saturated heterocycles. The first-order valence-corrected chi connectivity index (χ1v) is 9.49. The molecule has 0 aromatic heterocycles. The Kier molecular flexibility index (Phi) is 4.22. The second-order valence-electron chi connectivity index (χ2n) is 6.27. The summed E-state index contributed by atoms with van der Waals surface area (Å²) in [5, 5.41) is 3.22. The Morgan fingerprint density at radius 3 is 2.86 bits per heavy atom. The smallest absolute Gasteiger partial charge is 0.150 e. The molecule has 2 heterocycles. The number of para-hydroxylation sites is 1. The Bertz CT molecular complexity index is 574. The van der Waals surface area contributed by atoms with Crippen LogP contribution in [0.1, 0.15) is 18.4 Å². The van der Waals surface area contributed by atoms with Gasteiger partial charge < -0.3 is 10.1 Å². The van der Waals surface area contributed by atoms with Crippen LogP contribution in [0, 0.1) is 11.8 Å². The maximum absolute atomic E-state index is 11.7. The topological polar surface area (TPSA) is 55.4 Å². The van der Waals surface area contributed by atoms with Crippen molar-refractivity contribution in [1.29, 1.82) is 0 Å². The number of ether oxygens (including phenoxy) is 1. The molecule has 1 fully saturated rings. The molecule has 0 saturated carbocycles. The Balaban J connectivity index is 1.64. The minimum absolute atomic E-state index is 0.184. The number of nitrogens with one attached hydrogen (secondary N) is 1. The van der Waals surface area contributed by atoms with E-state index < -0.39 is 9.84 Å². The van der Waals surface area contributed by atoms with Gasteiger partial charge in [-0.3, -0.25) is 0 Å². The van der Waals surface area contributed by atoms with Crippen molar-refractivity contribution in [2.45, 2.75) is 25.4 Å². The van der Waals surface area contributed by atoms with Crippen molar-refractivity contribution in [3.63, 3.8) is 0 Å². The van der Waals surface area contributed by atoms with Crippen molar-refractivity contribution in [2.24, 2.45) is 11.8 Å². The molecule has 0 amide bonds. The van der Waals surface area contributed by atoms with Crippen LogP contribution in [0.2, 0.25) is 0 Å². The minimum Gasteiger partial charge on any atom is -0.490 e. The van der Waals surface area contributed by atoms with Crippen LogP contribution in [-0.2, 0) is 16.3 Å². The molecule has 5 heteroatoms. The van der Waals surface area contributed by atoms with Gasteiger partial charge in [0.25, 0.3) is 0 Å². The summed E-state index contributed by atoms with van der Waals surface area (Å²) in [5.74, 6) is 2.33. The number of rotatable bonds is 5. The molecule has 116 valence electrons. The molecule has 1 aromatic rings. The number of fused-ring (bicyclic) bond motifs is 1. The molecule has 1 N–H and O–H groups in total. The lowest BCUT2D eigenvalue weighted by molar-refractivity contribution is 0.171. The Labute approximate surface area is 126 Å². The van der Waals surface area contributed by atoms with Gasteiger partial charge in [-0.1, -0.05) is 18.2 Å². The fourth-order valence-electron chi connectivity index (χ4n) is 3.62. The van der Waals surface area contributed by atoms with E-state index in [4.69, 9.17) is 4.74 Å². The summed E-state index contributed by atoms with van der Waals surface area (Å²) in [5.41, 5.74) is 1.27.